The highest BCUT2D eigenvalue weighted by atomic mass is 16.2. The molecule has 1 saturated carbocycles. The number of benzene rings is 1. The molecule has 6 heteroatoms. The van der Waals surface area contributed by atoms with Gasteiger partial charge in [0, 0.05) is 6.04 Å². The van der Waals surface area contributed by atoms with Crippen LogP contribution in [0.25, 0.3) is 0 Å². The van der Waals surface area contributed by atoms with Crippen molar-refractivity contribution in [3.05, 3.63) is 35.4 Å². The van der Waals surface area contributed by atoms with E-state index >= 15 is 0 Å². The van der Waals surface area contributed by atoms with E-state index in [9.17, 15) is 14.4 Å². The Morgan fingerprint density at radius 1 is 1.21 bits per heavy atom. The van der Waals surface area contributed by atoms with Crippen LogP contribution in [0.2, 0.25) is 0 Å². The number of aryl methyl sites for hydroxylation is 1. The summed E-state index contributed by atoms with van der Waals surface area (Å²) in [4.78, 5) is 39.6. The van der Waals surface area contributed by atoms with Crippen LogP contribution in [0.1, 0.15) is 57.1 Å². The number of carbonyl (C=O) groups is 3. The smallest absolute Gasteiger partial charge is 0.325 e. The third-order valence-corrected chi connectivity index (χ3v) is 7.01. The van der Waals surface area contributed by atoms with Crippen LogP contribution >= 0.6 is 0 Å². The lowest BCUT2D eigenvalue weighted by Gasteiger charge is -2.35. The topological polar surface area (TPSA) is 78.5 Å². The van der Waals surface area contributed by atoms with E-state index in [0.717, 1.165) is 41.7 Å². The monoisotopic (exact) mass is 383 g/mol. The molecule has 3 aliphatic rings. The second-order valence-electron chi connectivity index (χ2n) is 8.68. The van der Waals surface area contributed by atoms with Gasteiger partial charge in [-0.3, -0.25) is 14.5 Å². The largest absolute Gasteiger partial charge is 0.352 e. The normalized spacial score (nSPS) is 32.2. The van der Waals surface area contributed by atoms with Crippen LogP contribution in [0.15, 0.2) is 24.3 Å². The van der Waals surface area contributed by atoms with Crippen molar-refractivity contribution < 1.29 is 14.4 Å². The number of rotatable bonds is 3. The molecule has 0 radical (unpaired) electrons. The summed E-state index contributed by atoms with van der Waals surface area (Å²) in [6, 6.07) is 7.42. The van der Waals surface area contributed by atoms with E-state index < -0.39 is 11.6 Å². The van der Waals surface area contributed by atoms with Crippen molar-refractivity contribution >= 4 is 17.8 Å². The molecule has 28 heavy (non-hydrogen) atoms. The van der Waals surface area contributed by atoms with Gasteiger partial charge < -0.3 is 10.6 Å². The van der Waals surface area contributed by atoms with E-state index in [4.69, 9.17) is 0 Å². The first-order valence-electron chi connectivity index (χ1n) is 10.4. The third-order valence-electron chi connectivity index (χ3n) is 7.01. The van der Waals surface area contributed by atoms with Crippen LogP contribution in [-0.4, -0.2) is 35.3 Å². The highest BCUT2D eigenvalue weighted by Crippen LogP contribution is 2.39. The van der Waals surface area contributed by atoms with Crippen molar-refractivity contribution in [2.24, 2.45) is 11.8 Å². The van der Waals surface area contributed by atoms with Crippen molar-refractivity contribution in [2.75, 3.05) is 6.54 Å². The van der Waals surface area contributed by atoms with Gasteiger partial charge in [-0.1, -0.05) is 51.0 Å². The molecule has 2 aliphatic carbocycles. The molecule has 4 atom stereocenters. The van der Waals surface area contributed by atoms with E-state index in [2.05, 4.69) is 24.5 Å². The summed E-state index contributed by atoms with van der Waals surface area (Å²) in [6.45, 7) is 4.16. The number of fused-ring (bicyclic) bond motifs is 2. The molecule has 2 fully saturated rings. The van der Waals surface area contributed by atoms with Crippen LogP contribution in [0.4, 0.5) is 4.79 Å². The van der Waals surface area contributed by atoms with Gasteiger partial charge in [-0.05, 0) is 48.6 Å². The first-order chi connectivity index (χ1) is 13.4. The molecule has 1 saturated heterocycles. The molecule has 1 aliphatic heterocycles. The van der Waals surface area contributed by atoms with Crippen LogP contribution < -0.4 is 10.6 Å². The Labute approximate surface area is 166 Å². The summed E-state index contributed by atoms with van der Waals surface area (Å²) < 4.78 is 0. The van der Waals surface area contributed by atoms with Gasteiger partial charge in [0.2, 0.25) is 5.91 Å². The van der Waals surface area contributed by atoms with Crippen LogP contribution in [0.5, 0.6) is 0 Å². The fraction of sp³-hybridized carbons (Fsp3) is 0.591. The zero-order chi connectivity index (χ0) is 19.9. The number of nitrogens with one attached hydrogen (secondary N) is 2. The zero-order valence-corrected chi connectivity index (χ0v) is 16.7. The predicted octanol–water partition coefficient (Wildman–Crippen LogP) is 2.71. The van der Waals surface area contributed by atoms with Crippen molar-refractivity contribution in [3.8, 4) is 0 Å². The molecule has 1 aromatic carbocycles. The number of nitrogens with zero attached hydrogens (tertiary/aromatic N) is 1. The van der Waals surface area contributed by atoms with Gasteiger partial charge in [-0.15, -0.1) is 0 Å². The molecule has 4 rings (SSSR count). The summed E-state index contributed by atoms with van der Waals surface area (Å²) in [5.74, 6) is 0.413. The molecule has 1 spiro atoms. The number of amides is 4. The molecule has 2 N–H and O–H groups in total. The van der Waals surface area contributed by atoms with Crippen LogP contribution in [-0.2, 0) is 21.5 Å². The molecular formula is C22H29N3O3. The second-order valence-corrected chi connectivity index (χ2v) is 8.68. The number of urea groups is 1. The lowest BCUT2D eigenvalue weighted by Crippen LogP contribution is -2.49. The summed E-state index contributed by atoms with van der Waals surface area (Å²) in [5, 5.41) is 5.97. The van der Waals surface area contributed by atoms with Gasteiger partial charge in [0.1, 0.15) is 12.1 Å². The Bertz CT molecular complexity index is 808. The molecular weight excluding hydrogens is 354 g/mol. The molecule has 0 bridgehead atoms. The van der Waals surface area contributed by atoms with Gasteiger partial charge >= 0.3 is 6.03 Å². The Morgan fingerprint density at radius 2 is 2.00 bits per heavy atom. The van der Waals surface area contributed by atoms with Gasteiger partial charge in [0.15, 0.2) is 0 Å². The Morgan fingerprint density at radius 3 is 2.82 bits per heavy atom. The fourth-order valence-corrected chi connectivity index (χ4v) is 5.14. The minimum Gasteiger partial charge on any atom is -0.352 e. The summed E-state index contributed by atoms with van der Waals surface area (Å²) in [5.41, 5.74) is 0.953. The molecule has 4 amide bonds. The molecule has 6 nitrogen and oxygen atoms in total. The first kappa shape index (κ1) is 19.0. The summed E-state index contributed by atoms with van der Waals surface area (Å²) in [7, 11) is 0. The average Bonchev–Trinajstić information content (AvgIpc) is 2.91. The third kappa shape index (κ3) is 3.09. The highest BCUT2D eigenvalue weighted by Gasteiger charge is 2.54. The number of carbonyl (C=O) groups excluding carboxylic acids is 3. The molecule has 1 aromatic rings. The fourth-order valence-electron chi connectivity index (χ4n) is 5.14. The molecule has 0 aromatic heterocycles. The Kier molecular flexibility index (Phi) is 4.89. The molecule has 1 heterocycles. The minimum absolute atomic E-state index is 0.112. The number of hydrogen-bond acceptors (Lipinski definition) is 3. The van der Waals surface area contributed by atoms with Crippen molar-refractivity contribution in [3.63, 3.8) is 0 Å². The number of imide groups is 1. The maximum absolute atomic E-state index is 13.3. The van der Waals surface area contributed by atoms with Gasteiger partial charge in [-0.25, -0.2) is 4.79 Å². The van der Waals surface area contributed by atoms with Crippen molar-refractivity contribution in [1.82, 2.24) is 15.5 Å². The lowest BCUT2D eigenvalue weighted by atomic mass is 9.76. The highest BCUT2D eigenvalue weighted by molar-refractivity contribution is 6.09. The van der Waals surface area contributed by atoms with E-state index in [-0.39, 0.29) is 24.4 Å². The Hall–Kier alpha value is -2.37. The van der Waals surface area contributed by atoms with E-state index in [1.807, 2.05) is 24.3 Å². The van der Waals surface area contributed by atoms with Gasteiger partial charge in [0.25, 0.3) is 5.91 Å². The van der Waals surface area contributed by atoms with E-state index in [0.29, 0.717) is 18.3 Å². The SMILES string of the molecule is C[C@H]1[C@@H](NC(=O)CN2C(=O)N[C@]3(CCCc4ccccc43)C2=O)CCC[C@@H]1C. The first-order valence-corrected chi connectivity index (χ1v) is 10.4. The molecule has 150 valence electrons. The second kappa shape index (κ2) is 7.22. The van der Waals surface area contributed by atoms with Gasteiger partial charge in [0.05, 0.1) is 0 Å². The predicted molar refractivity (Wildman–Crippen MR) is 105 cm³/mol. The maximum Gasteiger partial charge on any atom is 0.325 e. The Balaban J connectivity index is 1.49. The quantitative estimate of drug-likeness (QED) is 0.788. The maximum atomic E-state index is 13.3. The minimum atomic E-state index is -1.02. The van der Waals surface area contributed by atoms with Crippen molar-refractivity contribution in [1.29, 1.82) is 0 Å². The summed E-state index contributed by atoms with van der Waals surface area (Å²) >= 11 is 0. The van der Waals surface area contributed by atoms with Crippen molar-refractivity contribution in [2.45, 2.75) is 64.0 Å². The van der Waals surface area contributed by atoms with Gasteiger partial charge in [-0.2, -0.15) is 0 Å². The standard InChI is InChI=1S/C22H29N3O3/c1-14-7-5-11-18(15(14)2)23-19(26)13-25-20(27)22(24-21(25)28)12-6-9-16-8-3-4-10-17(16)22/h3-4,8,10,14-15,18H,5-7,9,11-13H2,1-2H3,(H,23,26)(H,24,28)/t14-,15+,18-,22-/m0/s1. The molecule has 0 unspecified atom stereocenters. The van der Waals surface area contributed by atoms with E-state index in [1.54, 1.807) is 0 Å². The van der Waals surface area contributed by atoms with Crippen LogP contribution in [0.3, 0.4) is 0 Å². The van der Waals surface area contributed by atoms with E-state index in [1.165, 1.54) is 6.42 Å². The zero-order valence-electron chi connectivity index (χ0n) is 16.7. The van der Waals surface area contributed by atoms with Crippen LogP contribution in [0, 0.1) is 11.8 Å². The lowest BCUT2D eigenvalue weighted by molar-refractivity contribution is -0.136. The summed E-state index contributed by atoms with van der Waals surface area (Å²) in [6.07, 6.45) is 5.54. The number of hydrogen-bond donors (Lipinski definition) is 2. The average molecular weight is 383 g/mol.